The standard InChI is InChI=1S/C13H18N2.CH3NO2/c1-14-8-13(9-14)10-15(11-13)7-12-5-3-2-4-6-12;1-2(3)4/h2-6H,7-11H2,1H3;1H3. The predicted molar refractivity (Wildman–Crippen MR) is 74.6 cm³/mol. The Hall–Kier alpha value is -1.46. The van der Waals surface area contributed by atoms with Gasteiger partial charge in [-0.25, -0.2) is 0 Å². The number of rotatable bonds is 2. The number of nitrogens with zero attached hydrogens (tertiary/aromatic N) is 3. The largest absolute Gasteiger partial charge is 0.305 e. The van der Waals surface area contributed by atoms with Gasteiger partial charge in [0.15, 0.2) is 7.05 Å². The fourth-order valence-electron chi connectivity index (χ4n) is 3.15. The fourth-order valence-corrected chi connectivity index (χ4v) is 3.15. The second-order valence-electron chi connectivity index (χ2n) is 5.74. The van der Waals surface area contributed by atoms with Crippen molar-refractivity contribution in [2.45, 2.75) is 6.54 Å². The maximum Gasteiger partial charge on any atom is 0.194 e. The van der Waals surface area contributed by atoms with Crippen LogP contribution in [0.5, 0.6) is 0 Å². The van der Waals surface area contributed by atoms with Crippen molar-refractivity contribution in [3.8, 4) is 0 Å². The highest BCUT2D eigenvalue weighted by Crippen LogP contribution is 2.39. The molecule has 1 aromatic carbocycles. The minimum Gasteiger partial charge on any atom is -0.305 e. The van der Waals surface area contributed by atoms with Crippen LogP contribution in [-0.4, -0.2) is 55.0 Å². The Kier molecular flexibility index (Phi) is 4.17. The number of hydrogen-bond acceptors (Lipinski definition) is 4. The lowest BCUT2D eigenvalue weighted by atomic mass is 9.73. The normalized spacial score (nSPS) is 20.9. The lowest BCUT2D eigenvalue weighted by molar-refractivity contribution is -0.445. The lowest BCUT2D eigenvalue weighted by Crippen LogP contribution is -2.70. The fraction of sp³-hybridized carbons (Fsp3) is 0.571. The Morgan fingerprint density at radius 1 is 1.21 bits per heavy atom. The number of hydrogen-bond donors (Lipinski definition) is 0. The van der Waals surface area contributed by atoms with Gasteiger partial charge in [0.25, 0.3) is 0 Å². The first-order valence-electron chi connectivity index (χ1n) is 6.52. The highest BCUT2D eigenvalue weighted by atomic mass is 16.6. The molecule has 0 radical (unpaired) electrons. The molecule has 5 nitrogen and oxygen atoms in total. The molecule has 0 aromatic heterocycles. The van der Waals surface area contributed by atoms with Crippen molar-refractivity contribution in [3.05, 3.63) is 46.0 Å². The van der Waals surface area contributed by atoms with Crippen molar-refractivity contribution in [3.63, 3.8) is 0 Å². The molecule has 104 valence electrons. The smallest absolute Gasteiger partial charge is 0.194 e. The van der Waals surface area contributed by atoms with Crippen LogP contribution in [0.15, 0.2) is 30.3 Å². The van der Waals surface area contributed by atoms with E-state index in [0.717, 1.165) is 13.6 Å². The minimum absolute atomic E-state index is 0.500. The van der Waals surface area contributed by atoms with E-state index in [9.17, 15) is 0 Å². The maximum absolute atomic E-state index is 8.81. The Bertz CT molecular complexity index is 418. The summed E-state index contributed by atoms with van der Waals surface area (Å²) in [5, 5.41) is 8.81. The molecule has 19 heavy (non-hydrogen) atoms. The first kappa shape index (κ1) is 14.0. The number of likely N-dealkylation sites (tertiary alicyclic amines) is 2. The molecule has 2 fully saturated rings. The summed E-state index contributed by atoms with van der Waals surface area (Å²) in [5.74, 6) is 0. The van der Waals surface area contributed by atoms with Gasteiger partial charge >= 0.3 is 0 Å². The van der Waals surface area contributed by atoms with E-state index >= 15 is 0 Å². The third kappa shape index (κ3) is 3.75. The highest BCUT2D eigenvalue weighted by molar-refractivity contribution is 5.16. The van der Waals surface area contributed by atoms with Gasteiger partial charge in [0.05, 0.1) is 0 Å². The summed E-state index contributed by atoms with van der Waals surface area (Å²) < 4.78 is 0. The second-order valence-corrected chi connectivity index (χ2v) is 5.74. The molecule has 0 N–H and O–H groups in total. The number of benzene rings is 1. The van der Waals surface area contributed by atoms with Crippen molar-refractivity contribution < 1.29 is 4.92 Å². The summed E-state index contributed by atoms with van der Waals surface area (Å²) in [5.41, 5.74) is 2.11. The monoisotopic (exact) mass is 263 g/mol. The average Bonchev–Trinajstić information content (AvgIpc) is 2.25. The van der Waals surface area contributed by atoms with Gasteiger partial charge in [-0.3, -0.25) is 15.0 Å². The molecule has 0 bridgehead atoms. The van der Waals surface area contributed by atoms with Crippen molar-refractivity contribution in [1.82, 2.24) is 9.80 Å². The Morgan fingerprint density at radius 3 is 2.21 bits per heavy atom. The molecule has 2 aliphatic heterocycles. The van der Waals surface area contributed by atoms with Crippen LogP contribution in [0.25, 0.3) is 0 Å². The van der Waals surface area contributed by atoms with Crippen LogP contribution >= 0.6 is 0 Å². The molecular weight excluding hydrogens is 242 g/mol. The SMILES string of the molecule is CN1CC2(C1)CN(Cc1ccccc1)C2.C[N+](=O)[O-]. The van der Waals surface area contributed by atoms with E-state index in [2.05, 4.69) is 47.2 Å². The van der Waals surface area contributed by atoms with Crippen LogP contribution in [0.4, 0.5) is 0 Å². The van der Waals surface area contributed by atoms with Crippen molar-refractivity contribution in [1.29, 1.82) is 0 Å². The molecule has 0 saturated carbocycles. The van der Waals surface area contributed by atoms with E-state index < -0.39 is 4.92 Å². The number of nitro groups is 1. The molecular formula is C14H21N3O2. The van der Waals surface area contributed by atoms with Gasteiger partial charge in [-0.05, 0) is 12.6 Å². The average molecular weight is 263 g/mol. The van der Waals surface area contributed by atoms with Crippen LogP contribution in [0.2, 0.25) is 0 Å². The van der Waals surface area contributed by atoms with Crippen LogP contribution in [0, 0.1) is 15.5 Å². The molecule has 2 heterocycles. The molecule has 5 heteroatoms. The molecule has 0 atom stereocenters. The van der Waals surface area contributed by atoms with Gasteiger partial charge < -0.3 is 4.90 Å². The van der Waals surface area contributed by atoms with E-state index in [1.807, 2.05) is 0 Å². The first-order chi connectivity index (χ1) is 8.99. The summed E-state index contributed by atoms with van der Waals surface area (Å²) >= 11 is 0. The Balaban J connectivity index is 0.000000297. The summed E-state index contributed by atoms with van der Waals surface area (Å²) in [6.45, 7) is 6.33. The van der Waals surface area contributed by atoms with Gasteiger partial charge in [-0.2, -0.15) is 0 Å². The maximum atomic E-state index is 8.81. The van der Waals surface area contributed by atoms with Gasteiger partial charge in [0.2, 0.25) is 0 Å². The van der Waals surface area contributed by atoms with Crippen LogP contribution < -0.4 is 0 Å². The molecule has 0 aliphatic carbocycles. The van der Waals surface area contributed by atoms with E-state index in [0.29, 0.717) is 5.41 Å². The quantitative estimate of drug-likeness (QED) is 0.596. The van der Waals surface area contributed by atoms with E-state index in [-0.39, 0.29) is 0 Å². The second kappa shape index (κ2) is 5.67. The van der Waals surface area contributed by atoms with Gasteiger partial charge in [0, 0.05) is 43.1 Å². The van der Waals surface area contributed by atoms with E-state index in [1.54, 1.807) is 0 Å². The van der Waals surface area contributed by atoms with Crippen LogP contribution in [0.1, 0.15) is 5.56 Å². The molecule has 0 unspecified atom stereocenters. The zero-order valence-corrected chi connectivity index (χ0v) is 11.6. The predicted octanol–water partition coefficient (Wildman–Crippen LogP) is 1.33. The summed E-state index contributed by atoms with van der Waals surface area (Å²) in [7, 11) is 3.10. The molecule has 1 aromatic rings. The molecule has 3 rings (SSSR count). The molecule has 2 aliphatic rings. The molecule has 2 saturated heterocycles. The van der Waals surface area contributed by atoms with E-state index in [4.69, 9.17) is 10.1 Å². The zero-order chi connectivity index (χ0) is 13.9. The molecule has 0 amide bonds. The van der Waals surface area contributed by atoms with Gasteiger partial charge in [-0.1, -0.05) is 30.3 Å². The van der Waals surface area contributed by atoms with E-state index in [1.165, 1.54) is 31.7 Å². The summed E-state index contributed by atoms with van der Waals surface area (Å²) in [6, 6.07) is 10.8. The lowest BCUT2D eigenvalue weighted by Gasteiger charge is -2.59. The third-order valence-electron chi connectivity index (χ3n) is 3.58. The third-order valence-corrected chi connectivity index (χ3v) is 3.58. The van der Waals surface area contributed by atoms with Crippen molar-refractivity contribution in [2.75, 3.05) is 40.3 Å². The minimum atomic E-state index is -0.500. The summed E-state index contributed by atoms with van der Waals surface area (Å²) in [4.78, 5) is 13.3. The Morgan fingerprint density at radius 2 is 1.74 bits per heavy atom. The van der Waals surface area contributed by atoms with Gasteiger partial charge in [-0.15, -0.1) is 0 Å². The zero-order valence-electron chi connectivity index (χ0n) is 11.6. The van der Waals surface area contributed by atoms with Crippen LogP contribution in [-0.2, 0) is 6.54 Å². The summed E-state index contributed by atoms with van der Waals surface area (Å²) in [6.07, 6.45) is 0. The first-order valence-corrected chi connectivity index (χ1v) is 6.52. The molecule has 1 spiro atoms. The van der Waals surface area contributed by atoms with Crippen LogP contribution in [0.3, 0.4) is 0 Å². The van der Waals surface area contributed by atoms with Gasteiger partial charge in [0.1, 0.15) is 0 Å². The Labute approximate surface area is 114 Å². The van der Waals surface area contributed by atoms with Crippen molar-refractivity contribution in [2.24, 2.45) is 5.41 Å². The topological polar surface area (TPSA) is 49.6 Å². The highest BCUT2D eigenvalue weighted by Gasteiger charge is 2.49. The van der Waals surface area contributed by atoms with Crippen molar-refractivity contribution >= 4 is 0 Å².